The third kappa shape index (κ3) is 3.69. The minimum Gasteiger partial charge on any atom is -0.368 e. The van der Waals surface area contributed by atoms with E-state index in [4.69, 9.17) is 0 Å². The fourth-order valence-corrected chi connectivity index (χ4v) is 3.15. The Kier molecular flexibility index (Phi) is 5.21. The summed E-state index contributed by atoms with van der Waals surface area (Å²) in [6, 6.07) is 9.89. The molecule has 0 atom stereocenters. The third-order valence-electron chi connectivity index (χ3n) is 4.92. The largest absolute Gasteiger partial charge is 0.368 e. The summed E-state index contributed by atoms with van der Waals surface area (Å²) >= 11 is 0. The average Bonchev–Trinajstić information content (AvgIpc) is 2.65. The molecule has 6 heteroatoms. The zero-order valence-corrected chi connectivity index (χ0v) is 15.5. The Morgan fingerprint density at radius 3 is 2.35 bits per heavy atom. The Bertz CT molecular complexity index is 826. The summed E-state index contributed by atoms with van der Waals surface area (Å²) in [5.74, 6) is -0.706. The van der Waals surface area contributed by atoms with Crippen molar-refractivity contribution in [3.8, 4) is 0 Å². The van der Waals surface area contributed by atoms with Gasteiger partial charge in [-0.1, -0.05) is 18.2 Å². The van der Waals surface area contributed by atoms with E-state index < -0.39 is 11.8 Å². The van der Waals surface area contributed by atoms with Crippen LogP contribution in [0.15, 0.2) is 36.5 Å². The first-order valence-corrected chi connectivity index (χ1v) is 8.80. The van der Waals surface area contributed by atoms with Gasteiger partial charge >= 0.3 is 11.8 Å². The van der Waals surface area contributed by atoms with Crippen LogP contribution in [0.3, 0.4) is 0 Å². The zero-order valence-electron chi connectivity index (χ0n) is 15.5. The van der Waals surface area contributed by atoms with Gasteiger partial charge in [-0.15, -0.1) is 0 Å². The van der Waals surface area contributed by atoms with E-state index in [0.717, 1.165) is 5.56 Å². The Labute approximate surface area is 153 Å². The van der Waals surface area contributed by atoms with Gasteiger partial charge in [0.25, 0.3) is 0 Å². The number of aryl methyl sites for hydroxylation is 2. The maximum Gasteiger partial charge on any atom is 0.315 e. The Balaban J connectivity index is 1.60. The van der Waals surface area contributed by atoms with Crippen LogP contribution in [0.4, 0.5) is 11.5 Å². The van der Waals surface area contributed by atoms with Crippen molar-refractivity contribution in [3.05, 3.63) is 53.2 Å². The summed E-state index contributed by atoms with van der Waals surface area (Å²) in [7, 11) is 0. The number of nitrogens with one attached hydrogen (secondary N) is 1. The van der Waals surface area contributed by atoms with Gasteiger partial charge in [-0.25, -0.2) is 4.98 Å². The molecule has 2 aromatic rings. The molecular weight excluding hydrogens is 328 g/mol. The summed E-state index contributed by atoms with van der Waals surface area (Å²) in [6.07, 6.45) is 1.59. The van der Waals surface area contributed by atoms with Crippen LogP contribution in [0, 0.1) is 20.8 Å². The number of piperazine rings is 1. The van der Waals surface area contributed by atoms with Gasteiger partial charge in [0.05, 0.1) is 0 Å². The van der Waals surface area contributed by atoms with Crippen LogP contribution in [0.2, 0.25) is 0 Å². The molecule has 26 heavy (non-hydrogen) atoms. The summed E-state index contributed by atoms with van der Waals surface area (Å²) in [6.45, 7) is 8.54. The highest BCUT2D eigenvalue weighted by Crippen LogP contribution is 2.24. The summed E-state index contributed by atoms with van der Waals surface area (Å²) in [5, 5.41) is 2.61. The van der Waals surface area contributed by atoms with Crippen LogP contribution < -0.4 is 10.2 Å². The highest BCUT2D eigenvalue weighted by Gasteiger charge is 2.27. The lowest BCUT2D eigenvalue weighted by Crippen LogP contribution is -2.51. The Morgan fingerprint density at radius 2 is 1.65 bits per heavy atom. The number of rotatable bonds is 2. The normalized spacial score (nSPS) is 14.3. The standard InChI is InChI=1S/C20H24N4O2/c1-14-6-4-8-17(16(14)3)23-10-12-24(13-11-23)20(26)19(25)22-18-15(2)7-5-9-21-18/h4-9H,10-13H2,1-3H3,(H,21,22,25). The molecule has 3 rings (SSSR count). The van der Waals surface area contributed by atoms with Crippen molar-refractivity contribution in [1.29, 1.82) is 0 Å². The van der Waals surface area contributed by atoms with Crippen molar-refractivity contribution >= 4 is 23.3 Å². The first-order valence-electron chi connectivity index (χ1n) is 8.80. The molecule has 1 aliphatic heterocycles. The van der Waals surface area contributed by atoms with Gasteiger partial charge < -0.3 is 15.1 Å². The van der Waals surface area contributed by atoms with Gasteiger partial charge in [0.1, 0.15) is 5.82 Å². The number of nitrogens with zero attached hydrogens (tertiary/aromatic N) is 3. The van der Waals surface area contributed by atoms with Gasteiger partial charge in [-0.05, 0) is 49.6 Å². The van der Waals surface area contributed by atoms with E-state index in [2.05, 4.69) is 47.2 Å². The van der Waals surface area contributed by atoms with Crippen molar-refractivity contribution in [2.75, 3.05) is 36.4 Å². The highest BCUT2D eigenvalue weighted by molar-refractivity contribution is 6.39. The molecule has 2 amide bonds. The summed E-state index contributed by atoms with van der Waals surface area (Å²) < 4.78 is 0. The predicted octanol–water partition coefficient (Wildman–Crippen LogP) is 2.29. The molecular formula is C20H24N4O2. The quantitative estimate of drug-likeness (QED) is 0.842. The third-order valence-corrected chi connectivity index (χ3v) is 4.92. The van der Waals surface area contributed by atoms with Gasteiger partial charge in [0.2, 0.25) is 0 Å². The number of carbonyl (C=O) groups excluding carboxylic acids is 2. The van der Waals surface area contributed by atoms with Crippen molar-refractivity contribution in [1.82, 2.24) is 9.88 Å². The van der Waals surface area contributed by atoms with Crippen LogP contribution in [-0.2, 0) is 9.59 Å². The number of pyridine rings is 1. The predicted molar refractivity (Wildman–Crippen MR) is 102 cm³/mol. The molecule has 1 saturated heterocycles. The molecule has 0 unspecified atom stereocenters. The molecule has 1 N–H and O–H groups in total. The molecule has 0 saturated carbocycles. The molecule has 2 heterocycles. The lowest BCUT2D eigenvalue weighted by molar-refractivity contribution is -0.143. The molecule has 0 bridgehead atoms. The van der Waals surface area contributed by atoms with E-state index in [1.54, 1.807) is 17.2 Å². The summed E-state index contributed by atoms with van der Waals surface area (Å²) in [4.78, 5) is 32.7. The number of carbonyl (C=O) groups is 2. The van der Waals surface area contributed by atoms with E-state index in [9.17, 15) is 9.59 Å². The average molecular weight is 352 g/mol. The number of hydrogen-bond donors (Lipinski definition) is 1. The molecule has 1 fully saturated rings. The van der Waals surface area contributed by atoms with Gasteiger partial charge in [0, 0.05) is 38.1 Å². The SMILES string of the molecule is Cc1cccnc1NC(=O)C(=O)N1CCN(c2cccc(C)c2C)CC1. The molecule has 0 aliphatic carbocycles. The van der Waals surface area contributed by atoms with Gasteiger partial charge in [-0.2, -0.15) is 0 Å². The molecule has 1 aromatic heterocycles. The van der Waals surface area contributed by atoms with E-state index >= 15 is 0 Å². The fourth-order valence-electron chi connectivity index (χ4n) is 3.15. The molecule has 0 spiro atoms. The fraction of sp³-hybridized carbons (Fsp3) is 0.350. The minimum absolute atomic E-state index is 0.430. The van der Waals surface area contributed by atoms with Crippen LogP contribution in [-0.4, -0.2) is 47.9 Å². The first-order chi connectivity index (χ1) is 12.5. The monoisotopic (exact) mass is 352 g/mol. The van der Waals surface area contributed by atoms with Crippen molar-refractivity contribution < 1.29 is 9.59 Å². The maximum atomic E-state index is 12.4. The van der Waals surface area contributed by atoms with Crippen LogP contribution in [0.25, 0.3) is 0 Å². The number of aromatic nitrogens is 1. The number of benzene rings is 1. The van der Waals surface area contributed by atoms with Crippen molar-refractivity contribution in [2.45, 2.75) is 20.8 Å². The number of hydrogen-bond acceptors (Lipinski definition) is 4. The zero-order chi connectivity index (χ0) is 18.7. The Morgan fingerprint density at radius 1 is 0.962 bits per heavy atom. The topological polar surface area (TPSA) is 65.5 Å². The van der Waals surface area contributed by atoms with Gasteiger partial charge in [-0.3, -0.25) is 9.59 Å². The Hall–Kier alpha value is -2.89. The van der Waals surface area contributed by atoms with Crippen molar-refractivity contribution in [2.24, 2.45) is 0 Å². The van der Waals surface area contributed by atoms with E-state index in [1.807, 2.05) is 13.0 Å². The van der Waals surface area contributed by atoms with E-state index in [0.29, 0.717) is 32.0 Å². The van der Waals surface area contributed by atoms with Crippen LogP contribution >= 0.6 is 0 Å². The van der Waals surface area contributed by atoms with Crippen LogP contribution in [0.5, 0.6) is 0 Å². The molecule has 1 aliphatic rings. The second-order valence-corrected chi connectivity index (χ2v) is 6.62. The van der Waals surface area contributed by atoms with Gasteiger partial charge in [0.15, 0.2) is 0 Å². The van der Waals surface area contributed by atoms with E-state index in [-0.39, 0.29) is 0 Å². The maximum absolute atomic E-state index is 12.4. The lowest BCUT2D eigenvalue weighted by atomic mass is 10.1. The lowest BCUT2D eigenvalue weighted by Gasteiger charge is -2.36. The number of anilines is 2. The molecule has 0 radical (unpaired) electrons. The minimum atomic E-state index is -0.632. The van der Waals surface area contributed by atoms with Crippen LogP contribution in [0.1, 0.15) is 16.7 Å². The summed E-state index contributed by atoms with van der Waals surface area (Å²) in [5.41, 5.74) is 4.54. The number of amides is 2. The second kappa shape index (κ2) is 7.56. The molecule has 6 nitrogen and oxygen atoms in total. The van der Waals surface area contributed by atoms with Crippen molar-refractivity contribution in [3.63, 3.8) is 0 Å². The smallest absolute Gasteiger partial charge is 0.315 e. The molecule has 136 valence electrons. The first kappa shape index (κ1) is 17.9. The molecule has 1 aromatic carbocycles. The van der Waals surface area contributed by atoms with E-state index in [1.165, 1.54) is 16.8 Å². The highest BCUT2D eigenvalue weighted by atomic mass is 16.2. The second-order valence-electron chi connectivity index (χ2n) is 6.62.